The number of ether oxygens (including phenoxy) is 3. The van der Waals surface area contributed by atoms with Gasteiger partial charge in [-0.25, -0.2) is 4.79 Å². The van der Waals surface area contributed by atoms with Crippen molar-refractivity contribution in [3.8, 4) is 5.75 Å². The van der Waals surface area contributed by atoms with Gasteiger partial charge < -0.3 is 24.5 Å². The minimum absolute atomic E-state index is 0.00447. The van der Waals surface area contributed by atoms with Gasteiger partial charge in [0.05, 0.1) is 31.2 Å². The van der Waals surface area contributed by atoms with E-state index in [9.17, 15) is 9.59 Å². The Bertz CT molecular complexity index is 1020. The third-order valence-corrected chi connectivity index (χ3v) is 5.52. The van der Waals surface area contributed by atoms with Crippen molar-refractivity contribution in [2.45, 2.75) is 38.3 Å². The van der Waals surface area contributed by atoms with Crippen molar-refractivity contribution >= 4 is 5.97 Å². The molecule has 1 saturated heterocycles. The van der Waals surface area contributed by atoms with E-state index in [0.717, 1.165) is 24.1 Å². The number of esters is 1. The summed E-state index contributed by atoms with van der Waals surface area (Å²) < 4.78 is 18.1. The molecule has 0 amide bonds. The van der Waals surface area contributed by atoms with Gasteiger partial charge >= 0.3 is 5.97 Å². The lowest BCUT2D eigenvalue weighted by Crippen LogP contribution is -2.36. The van der Waals surface area contributed by atoms with Crippen LogP contribution in [0.2, 0.25) is 0 Å². The maximum absolute atomic E-state index is 13.6. The fraction of sp³-hybridized carbons (Fsp3) is 0.364. The number of benzene rings is 1. The highest BCUT2D eigenvalue weighted by Crippen LogP contribution is 2.41. The SMILES string of the molecule is COC(=O)C1=C(N)Oc2cc(C)n(C[C@H]3CCCO3)c(=O)c2[C@@H]1c1ccccc1. The zero-order chi connectivity index (χ0) is 20.5. The van der Waals surface area contributed by atoms with Crippen molar-refractivity contribution < 1.29 is 19.0 Å². The number of aryl methyl sites for hydroxylation is 1. The number of pyridine rings is 1. The molecule has 29 heavy (non-hydrogen) atoms. The summed E-state index contributed by atoms with van der Waals surface area (Å²) in [5.74, 6) is -0.965. The first kappa shape index (κ1) is 19.3. The second-order valence-electron chi connectivity index (χ2n) is 7.33. The Morgan fingerprint density at radius 3 is 2.72 bits per heavy atom. The Balaban J connectivity index is 1.90. The summed E-state index contributed by atoms with van der Waals surface area (Å²) in [5.41, 5.74) is 7.93. The first-order valence-corrected chi connectivity index (χ1v) is 9.68. The van der Waals surface area contributed by atoms with E-state index in [-0.39, 0.29) is 23.1 Å². The van der Waals surface area contributed by atoms with Crippen LogP contribution in [0.15, 0.2) is 52.6 Å². The Hall–Kier alpha value is -3.06. The number of fused-ring (bicyclic) bond motifs is 1. The maximum Gasteiger partial charge on any atom is 0.340 e. The maximum atomic E-state index is 13.6. The third kappa shape index (κ3) is 3.42. The normalized spacial score (nSPS) is 20.9. The number of carbonyl (C=O) groups excluding carboxylic acids is 1. The molecule has 0 saturated carbocycles. The Morgan fingerprint density at radius 2 is 2.07 bits per heavy atom. The van der Waals surface area contributed by atoms with Gasteiger partial charge in [0.25, 0.3) is 5.56 Å². The summed E-state index contributed by atoms with van der Waals surface area (Å²) in [7, 11) is 1.28. The van der Waals surface area contributed by atoms with Gasteiger partial charge in [-0.15, -0.1) is 0 Å². The summed E-state index contributed by atoms with van der Waals surface area (Å²) in [4.78, 5) is 26.1. The van der Waals surface area contributed by atoms with Crippen LogP contribution in [0.3, 0.4) is 0 Å². The highest BCUT2D eigenvalue weighted by molar-refractivity contribution is 5.92. The number of nitrogens with zero attached hydrogens (tertiary/aromatic N) is 1. The smallest absolute Gasteiger partial charge is 0.340 e. The average Bonchev–Trinajstić information content (AvgIpc) is 3.23. The standard InChI is InChI=1S/C22H24N2O5/c1-13-11-16-18(21(25)24(13)12-15-9-6-10-28-15)17(14-7-4-3-5-8-14)19(20(23)29-16)22(26)27-2/h3-5,7-8,11,15,17H,6,9-10,12,23H2,1-2H3/t15-,17+/m1/s1. The van der Waals surface area contributed by atoms with E-state index in [4.69, 9.17) is 19.9 Å². The minimum atomic E-state index is -0.670. The Kier molecular flexibility index (Phi) is 5.15. The lowest BCUT2D eigenvalue weighted by atomic mass is 9.83. The lowest BCUT2D eigenvalue weighted by molar-refractivity contribution is -0.136. The molecule has 2 N–H and O–H groups in total. The molecule has 7 nitrogen and oxygen atoms in total. The minimum Gasteiger partial charge on any atom is -0.465 e. The molecule has 0 unspecified atom stereocenters. The summed E-state index contributed by atoms with van der Waals surface area (Å²) in [6.45, 7) is 3.03. The number of rotatable bonds is 4. The zero-order valence-electron chi connectivity index (χ0n) is 16.5. The van der Waals surface area contributed by atoms with Crippen molar-refractivity contribution in [3.05, 3.63) is 75.0 Å². The molecule has 0 aliphatic carbocycles. The highest BCUT2D eigenvalue weighted by atomic mass is 16.5. The van der Waals surface area contributed by atoms with Crippen LogP contribution in [-0.2, 0) is 20.8 Å². The van der Waals surface area contributed by atoms with Gasteiger partial charge in [0.1, 0.15) is 11.3 Å². The lowest BCUT2D eigenvalue weighted by Gasteiger charge is -2.29. The Morgan fingerprint density at radius 1 is 1.31 bits per heavy atom. The fourth-order valence-corrected chi connectivity index (χ4v) is 4.09. The summed E-state index contributed by atoms with van der Waals surface area (Å²) >= 11 is 0. The number of hydrogen-bond acceptors (Lipinski definition) is 6. The molecular weight excluding hydrogens is 372 g/mol. The molecule has 1 aromatic carbocycles. The number of nitrogens with two attached hydrogens (primary N) is 1. The van der Waals surface area contributed by atoms with E-state index in [0.29, 0.717) is 24.5 Å². The third-order valence-electron chi connectivity index (χ3n) is 5.52. The second-order valence-corrected chi connectivity index (χ2v) is 7.33. The van der Waals surface area contributed by atoms with Crippen molar-refractivity contribution in [2.75, 3.05) is 13.7 Å². The largest absolute Gasteiger partial charge is 0.465 e. The van der Waals surface area contributed by atoms with Crippen LogP contribution >= 0.6 is 0 Å². The molecule has 0 spiro atoms. The highest BCUT2D eigenvalue weighted by Gasteiger charge is 2.38. The van der Waals surface area contributed by atoms with Crippen molar-refractivity contribution in [1.82, 2.24) is 4.57 Å². The topological polar surface area (TPSA) is 92.8 Å². The van der Waals surface area contributed by atoms with E-state index >= 15 is 0 Å². The zero-order valence-corrected chi connectivity index (χ0v) is 16.5. The molecule has 4 rings (SSSR count). The predicted octanol–water partition coefficient (Wildman–Crippen LogP) is 2.20. The van der Waals surface area contributed by atoms with E-state index < -0.39 is 11.9 Å². The molecule has 152 valence electrons. The first-order chi connectivity index (χ1) is 14.0. The van der Waals surface area contributed by atoms with Crippen LogP contribution in [0.4, 0.5) is 0 Å². The van der Waals surface area contributed by atoms with Crippen LogP contribution in [0.25, 0.3) is 0 Å². The van der Waals surface area contributed by atoms with E-state index in [1.165, 1.54) is 7.11 Å². The van der Waals surface area contributed by atoms with Gasteiger partial charge in [0.15, 0.2) is 0 Å². The molecule has 1 aromatic heterocycles. The number of carbonyl (C=O) groups is 1. The molecule has 1 fully saturated rings. The van der Waals surface area contributed by atoms with Gasteiger partial charge in [-0.2, -0.15) is 0 Å². The van der Waals surface area contributed by atoms with Crippen LogP contribution in [0, 0.1) is 6.92 Å². The molecule has 2 atom stereocenters. The van der Waals surface area contributed by atoms with Crippen molar-refractivity contribution in [1.29, 1.82) is 0 Å². The van der Waals surface area contributed by atoms with Gasteiger partial charge in [0.2, 0.25) is 5.88 Å². The molecule has 7 heteroatoms. The van der Waals surface area contributed by atoms with E-state index in [1.807, 2.05) is 37.3 Å². The fourth-order valence-electron chi connectivity index (χ4n) is 4.09. The molecule has 0 radical (unpaired) electrons. The van der Waals surface area contributed by atoms with Crippen LogP contribution in [-0.4, -0.2) is 30.4 Å². The van der Waals surface area contributed by atoms with Gasteiger partial charge in [0, 0.05) is 18.4 Å². The molecule has 2 aliphatic heterocycles. The van der Waals surface area contributed by atoms with Crippen molar-refractivity contribution in [3.63, 3.8) is 0 Å². The van der Waals surface area contributed by atoms with Gasteiger partial charge in [-0.1, -0.05) is 30.3 Å². The van der Waals surface area contributed by atoms with Gasteiger partial charge in [-0.05, 0) is 25.3 Å². The van der Waals surface area contributed by atoms with Gasteiger partial charge in [-0.3, -0.25) is 4.79 Å². The van der Waals surface area contributed by atoms with Crippen LogP contribution < -0.4 is 16.0 Å². The molecule has 3 heterocycles. The molecule has 0 bridgehead atoms. The first-order valence-electron chi connectivity index (χ1n) is 9.68. The number of aromatic nitrogens is 1. The van der Waals surface area contributed by atoms with E-state index in [2.05, 4.69) is 0 Å². The van der Waals surface area contributed by atoms with Crippen molar-refractivity contribution in [2.24, 2.45) is 5.73 Å². The monoisotopic (exact) mass is 396 g/mol. The second kappa shape index (κ2) is 7.75. The average molecular weight is 396 g/mol. The quantitative estimate of drug-likeness (QED) is 0.797. The number of hydrogen-bond donors (Lipinski definition) is 1. The molecular formula is C22H24N2O5. The number of methoxy groups -OCH3 is 1. The van der Waals surface area contributed by atoms with Crippen LogP contribution in [0.5, 0.6) is 5.75 Å². The predicted molar refractivity (Wildman–Crippen MR) is 107 cm³/mol. The van der Waals surface area contributed by atoms with E-state index in [1.54, 1.807) is 10.6 Å². The Labute approximate surface area is 168 Å². The summed E-state index contributed by atoms with van der Waals surface area (Å²) in [6, 6.07) is 11.1. The molecule has 2 aliphatic rings. The van der Waals surface area contributed by atoms with Crippen LogP contribution in [0.1, 0.15) is 35.6 Å². The summed E-state index contributed by atoms with van der Waals surface area (Å²) in [5, 5.41) is 0. The molecule has 2 aromatic rings. The summed E-state index contributed by atoms with van der Waals surface area (Å²) in [6.07, 6.45) is 1.91.